The van der Waals surface area contributed by atoms with E-state index in [9.17, 15) is 0 Å². The first-order valence-electron chi connectivity index (χ1n) is 7.82. The SMILES string of the molecule is CCNC(=NCc1noc(C)n1)NCC(C)N1CCOCC1. The van der Waals surface area contributed by atoms with E-state index in [4.69, 9.17) is 9.26 Å². The molecule has 0 bridgehead atoms. The number of hydrogen-bond donors (Lipinski definition) is 2. The van der Waals surface area contributed by atoms with Crippen LogP contribution in [0.4, 0.5) is 0 Å². The molecule has 1 atom stereocenters. The third-order valence-corrected chi connectivity index (χ3v) is 3.53. The molecular formula is C14H26N6O2. The van der Waals surface area contributed by atoms with Gasteiger partial charge in [-0.2, -0.15) is 4.98 Å². The van der Waals surface area contributed by atoms with Crippen molar-refractivity contribution in [1.29, 1.82) is 0 Å². The van der Waals surface area contributed by atoms with Crippen LogP contribution in [-0.2, 0) is 11.3 Å². The van der Waals surface area contributed by atoms with Crippen molar-refractivity contribution < 1.29 is 9.26 Å². The summed E-state index contributed by atoms with van der Waals surface area (Å²) in [6.45, 7) is 11.7. The number of nitrogens with one attached hydrogen (secondary N) is 2. The maximum atomic E-state index is 5.38. The van der Waals surface area contributed by atoms with Gasteiger partial charge < -0.3 is 19.9 Å². The summed E-state index contributed by atoms with van der Waals surface area (Å²) in [7, 11) is 0. The summed E-state index contributed by atoms with van der Waals surface area (Å²) in [6, 6.07) is 0.431. The summed E-state index contributed by atoms with van der Waals surface area (Å²) in [4.78, 5) is 11.0. The molecule has 1 aliphatic rings. The van der Waals surface area contributed by atoms with Crippen molar-refractivity contribution in [2.24, 2.45) is 4.99 Å². The predicted octanol–water partition coefficient (Wildman–Crippen LogP) is 0.154. The normalized spacial score (nSPS) is 18.2. The molecule has 2 heterocycles. The van der Waals surface area contributed by atoms with Crippen LogP contribution >= 0.6 is 0 Å². The van der Waals surface area contributed by atoms with Crippen molar-refractivity contribution in [2.75, 3.05) is 39.4 Å². The first kappa shape index (κ1) is 16.7. The highest BCUT2D eigenvalue weighted by molar-refractivity contribution is 5.79. The van der Waals surface area contributed by atoms with Crippen molar-refractivity contribution in [1.82, 2.24) is 25.7 Å². The first-order chi connectivity index (χ1) is 10.7. The minimum atomic E-state index is 0.401. The molecule has 1 aliphatic heterocycles. The van der Waals surface area contributed by atoms with Crippen molar-refractivity contribution in [3.05, 3.63) is 11.7 Å². The van der Waals surface area contributed by atoms with E-state index >= 15 is 0 Å². The van der Waals surface area contributed by atoms with Crippen LogP contribution in [0.2, 0.25) is 0 Å². The van der Waals surface area contributed by atoms with Crippen LogP contribution in [0.25, 0.3) is 0 Å². The molecule has 1 aromatic heterocycles. The van der Waals surface area contributed by atoms with E-state index in [0.29, 0.717) is 24.3 Å². The van der Waals surface area contributed by atoms with Crippen LogP contribution in [0.5, 0.6) is 0 Å². The Labute approximate surface area is 131 Å². The highest BCUT2D eigenvalue weighted by Crippen LogP contribution is 2.02. The number of rotatable bonds is 6. The maximum absolute atomic E-state index is 5.38. The summed E-state index contributed by atoms with van der Waals surface area (Å²) in [6.07, 6.45) is 0. The molecule has 1 aromatic rings. The van der Waals surface area contributed by atoms with Gasteiger partial charge in [0, 0.05) is 39.1 Å². The lowest BCUT2D eigenvalue weighted by atomic mass is 10.2. The molecule has 0 aromatic carbocycles. The second-order valence-electron chi connectivity index (χ2n) is 5.30. The second kappa shape index (κ2) is 8.70. The minimum absolute atomic E-state index is 0.401. The van der Waals surface area contributed by atoms with Crippen molar-refractivity contribution in [3.8, 4) is 0 Å². The van der Waals surface area contributed by atoms with Gasteiger partial charge in [-0.25, -0.2) is 4.99 Å². The summed E-state index contributed by atoms with van der Waals surface area (Å²) >= 11 is 0. The van der Waals surface area contributed by atoms with Gasteiger partial charge in [0.15, 0.2) is 11.8 Å². The van der Waals surface area contributed by atoms with E-state index in [1.807, 2.05) is 6.92 Å². The minimum Gasteiger partial charge on any atom is -0.379 e. The highest BCUT2D eigenvalue weighted by atomic mass is 16.5. The number of ether oxygens (including phenoxy) is 1. The van der Waals surface area contributed by atoms with Gasteiger partial charge in [-0.15, -0.1) is 0 Å². The van der Waals surface area contributed by atoms with Gasteiger partial charge in [-0.1, -0.05) is 5.16 Å². The monoisotopic (exact) mass is 310 g/mol. The number of hydrogen-bond acceptors (Lipinski definition) is 6. The number of guanidine groups is 1. The van der Waals surface area contributed by atoms with E-state index in [1.165, 1.54) is 0 Å². The summed E-state index contributed by atoms with van der Waals surface area (Å²) in [5, 5.41) is 10.4. The average molecular weight is 310 g/mol. The summed E-state index contributed by atoms with van der Waals surface area (Å²) in [5.41, 5.74) is 0. The Hall–Kier alpha value is -1.67. The zero-order valence-electron chi connectivity index (χ0n) is 13.6. The zero-order valence-corrected chi connectivity index (χ0v) is 13.6. The molecule has 0 saturated carbocycles. The molecule has 1 saturated heterocycles. The zero-order chi connectivity index (χ0) is 15.8. The summed E-state index contributed by atoms with van der Waals surface area (Å²) in [5.74, 6) is 1.92. The number of aromatic nitrogens is 2. The molecule has 0 amide bonds. The lowest BCUT2D eigenvalue weighted by Crippen LogP contribution is -2.49. The van der Waals surface area contributed by atoms with Crippen molar-refractivity contribution >= 4 is 5.96 Å². The van der Waals surface area contributed by atoms with E-state index in [1.54, 1.807) is 6.92 Å². The van der Waals surface area contributed by atoms with Crippen molar-refractivity contribution in [2.45, 2.75) is 33.4 Å². The van der Waals surface area contributed by atoms with E-state index in [0.717, 1.165) is 45.4 Å². The topological polar surface area (TPSA) is 87.8 Å². The molecule has 1 fully saturated rings. The fraction of sp³-hybridized carbons (Fsp3) is 0.786. The average Bonchev–Trinajstić information content (AvgIpc) is 2.96. The quantitative estimate of drug-likeness (QED) is 0.571. The van der Waals surface area contributed by atoms with Crippen LogP contribution in [0, 0.1) is 6.92 Å². The Morgan fingerprint density at radius 1 is 1.36 bits per heavy atom. The van der Waals surface area contributed by atoms with Gasteiger partial charge in [0.05, 0.1) is 13.2 Å². The molecule has 0 aliphatic carbocycles. The molecule has 8 heteroatoms. The third kappa shape index (κ3) is 5.27. The Balaban J connectivity index is 1.82. The Morgan fingerprint density at radius 2 is 2.14 bits per heavy atom. The molecule has 2 rings (SSSR count). The molecule has 8 nitrogen and oxygen atoms in total. The van der Waals surface area contributed by atoms with E-state index < -0.39 is 0 Å². The maximum Gasteiger partial charge on any atom is 0.223 e. The molecule has 124 valence electrons. The van der Waals surface area contributed by atoms with Crippen LogP contribution in [-0.4, -0.2) is 66.4 Å². The van der Waals surface area contributed by atoms with Crippen LogP contribution in [0.1, 0.15) is 25.6 Å². The van der Waals surface area contributed by atoms with E-state index in [-0.39, 0.29) is 0 Å². The number of nitrogens with zero attached hydrogens (tertiary/aromatic N) is 4. The molecule has 0 spiro atoms. The van der Waals surface area contributed by atoms with Crippen molar-refractivity contribution in [3.63, 3.8) is 0 Å². The second-order valence-corrected chi connectivity index (χ2v) is 5.30. The molecule has 1 unspecified atom stereocenters. The number of morpholine rings is 1. The van der Waals surface area contributed by atoms with Gasteiger partial charge in [-0.3, -0.25) is 4.90 Å². The number of aliphatic imine (C=N–C) groups is 1. The van der Waals surface area contributed by atoms with Gasteiger partial charge in [-0.05, 0) is 13.8 Å². The molecule has 22 heavy (non-hydrogen) atoms. The lowest BCUT2D eigenvalue weighted by molar-refractivity contribution is 0.0211. The smallest absolute Gasteiger partial charge is 0.223 e. The van der Waals surface area contributed by atoms with E-state index in [2.05, 4.69) is 37.6 Å². The van der Waals surface area contributed by atoms with Gasteiger partial charge >= 0.3 is 0 Å². The Morgan fingerprint density at radius 3 is 2.77 bits per heavy atom. The molecule has 0 radical (unpaired) electrons. The number of aryl methyl sites for hydroxylation is 1. The lowest BCUT2D eigenvalue weighted by Gasteiger charge is -2.32. The first-order valence-corrected chi connectivity index (χ1v) is 7.82. The van der Waals surface area contributed by atoms with Crippen LogP contribution < -0.4 is 10.6 Å². The standard InChI is InChI=1S/C14H26N6O2/c1-4-15-14(17-10-13-18-12(3)22-19-13)16-9-11(2)20-5-7-21-8-6-20/h11H,4-10H2,1-3H3,(H2,15,16,17). The van der Waals surface area contributed by atoms with Crippen LogP contribution in [0.15, 0.2) is 9.52 Å². The predicted molar refractivity (Wildman–Crippen MR) is 83.7 cm³/mol. The highest BCUT2D eigenvalue weighted by Gasteiger charge is 2.17. The fourth-order valence-electron chi connectivity index (χ4n) is 2.29. The molecule has 2 N–H and O–H groups in total. The third-order valence-electron chi connectivity index (χ3n) is 3.53. The van der Waals surface area contributed by atoms with Gasteiger partial charge in [0.1, 0.15) is 6.54 Å². The summed E-state index contributed by atoms with van der Waals surface area (Å²) < 4.78 is 10.3. The fourth-order valence-corrected chi connectivity index (χ4v) is 2.29. The molecular weight excluding hydrogens is 284 g/mol. The van der Waals surface area contributed by atoms with Gasteiger partial charge in [0.2, 0.25) is 5.89 Å². The van der Waals surface area contributed by atoms with Gasteiger partial charge in [0.25, 0.3) is 0 Å². The Bertz CT molecular complexity index is 470. The van der Waals surface area contributed by atoms with Crippen LogP contribution in [0.3, 0.4) is 0 Å². The largest absolute Gasteiger partial charge is 0.379 e. The Kier molecular flexibility index (Phi) is 6.60.